The lowest BCUT2D eigenvalue weighted by Gasteiger charge is -2.07. The number of rotatable bonds is 2. The van der Waals surface area contributed by atoms with Crippen molar-refractivity contribution >= 4 is 52.6 Å². The van der Waals surface area contributed by atoms with Crippen molar-refractivity contribution in [3.05, 3.63) is 27.3 Å². The van der Waals surface area contributed by atoms with Crippen LogP contribution in [0, 0.1) is 3.57 Å². The number of hydrogen-bond donors (Lipinski definition) is 1. The second-order valence-corrected chi connectivity index (χ2v) is 4.76. The van der Waals surface area contributed by atoms with Gasteiger partial charge in [0.2, 0.25) is 0 Å². The zero-order valence-electron chi connectivity index (χ0n) is 6.92. The van der Waals surface area contributed by atoms with Gasteiger partial charge in [0.1, 0.15) is 5.38 Å². The van der Waals surface area contributed by atoms with Crippen LogP contribution in [-0.4, -0.2) is 5.78 Å². The fraction of sp³-hybridized carbons (Fsp3) is 0.222. The third-order valence-electron chi connectivity index (χ3n) is 1.62. The Morgan fingerprint density at radius 2 is 2.23 bits per heavy atom. The Morgan fingerprint density at radius 1 is 1.62 bits per heavy atom. The Bertz CT molecular complexity index is 340. The first kappa shape index (κ1) is 11.3. The number of benzene rings is 1. The van der Waals surface area contributed by atoms with Crippen molar-refractivity contribution in [2.24, 2.45) is 0 Å². The van der Waals surface area contributed by atoms with E-state index in [2.05, 4.69) is 35.2 Å². The molecular formula is C9H8ClIOS. The van der Waals surface area contributed by atoms with E-state index in [1.165, 1.54) is 6.92 Å². The van der Waals surface area contributed by atoms with Gasteiger partial charge in [-0.2, -0.15) is 0 Å². The summed E-state index contributed by atoms with van der Waals surface area (Å²) in [7, 11) is 0. The predicted octanol–water partition coefficient (Wildman–Crippen LogP) is 3.45. The Labute approximate surface area is 101 Å². The minimum absolute atomic E-state index is 0.0376. The van der Waals surface area contributed by atoms with Crippen LogP contribution in [0.15, 0.2) is 23.1 Å². The van der Waals surface area contributed by atoms with Crippen molar-refractivity contribution in [1.82, 2.24) is 0 Å². The maximum atomic E-state index is 11.0. The van der Waals surface area contributed by atoms with Crippen molar-refractivity contribution in [3.63, 3.8) is 0 Å². The molecule has 0 fully saturated rings. The highest BCUT2D eigenvalue weighted by Gasteiger charge is 2.13. The first-order chi connectivity index (χ1) is 6.02. The summed E-state index contributed by atoms with van der Waals surface area (Å²) in [6.07, 6.45) is 0. The van der Waals surface area contributed by atoms with E-state index in [9.17, 15) is 4.79 Å². The van der Waals surface area contributed by atoms with Crippen LogP contribution in [0.25, 0.3) is 0 Å². The number of hydrogen-bond acceptors (Lipinski definition) is 2. The predicted molar refractivity (Wildman–Crippen MR) is 65.7 cm³/mol. The van der Waals surface area contributed by atoms with Gasteiger partial charge in [-0.1, -0.05) is 6.07 Å². The molecule has 0 saturated heterocycles. The molecule has 0 saturated carbocycles. The van der Waals surface area contributed by atoms with Crippen LogP contribution < -0.4 is 0 Å². The number of ketones is 1. The van der Waals surface area contributed by atoms with E-state index in [1.807, 2.05) is 18.2 Å². The van der Waals surface area contributed by atoms with Crippen LogP contribution in [0.1, 0.15) is 17.9 Å². The Balaban J connectivity index is 3.03. The Kier molecular flexibility index (Phi) is 4.06. The molecule has 0 amide bonds. The van der Waals surface area contributed by atoms with Gasteiger partial charge in [-0.15, -0.1) is 24.2 Å². The van der Waals surface area contributed by atoms with Crippen LogP contribution in [0.5, 0.6) is 0 Å². The minimum Gasteiger partial charge on any atom is -0.298 e. The largest absolute Gasteiger partial charge is 0.298 e. The molecule has 0 aliphatic rings. The average molecular weight is 327 g/mol. The van der Waals surface area contributed by atoms with Gasteiger partial charge in [0.15, 0.2) is 5.78 Å². The zero-order valence-corrected chi connectivity index (χ0v) is 10.7. The summed E-state index contributed by atoms with van der Waals surface area (Å²) in [6.45, 7) is 1.49. The molecule has 4 heteroatoms. The molecule has 1 aromatic carbocycles. The number of thiol groups is 1. The molecular weight excluding hydrogens is 319 g/mol. The van der Waals surface area contributed by atoms with E-state index in [0.717, 1.165) is 14.0 Å². The van der Waals surface area contributed by atoms with Gasteiger partial charge in [-0.3, -0.25) is 4.79 Å². The molecule has 0 bridgehead atoms. The Morgan fingerprint density at radius 3 is 2.69 bits per heavy atom. The van der Waals surface area contributed by atoms with Gasteiger partial charge in [-0.05, 0) is 47.2 Å². The molecule has 0 aromatic heterocycles. The highest BCUT2D eigenvalue weighted by Crippen LogP contribution is 2.26. The molecule has 0 heterocycles. The zero-order chi connectivity index (χ0) is 10.0. The van der Waals surface area contributed by atoms with Crippen molar-refractivity contribution < 1.29 is 4.79 Å². The van der Waals surface area contributed by atoms with E-state index < -0.39 is 5.38 Å². The standard InChI is InChI=1S/C9H8ClIOS/c1-5(12)9(10)6-2-3-8(13)7(11)4-6/h2-4,9,13H,1H3. The summed E-state index contributed by atoms with van der Waals surface area (Å²) in [5.41, 5.74) is 0.830. The minimum atomic E-state index is -0.539. The van der Waals surface area contributed by atoms with E-state index >= 15 is 0 Å². The van der Waals surface area contributed by atoms with Gasteiger partial charge in [0.25, 0.3) is 0 Å². The normalized spacial score (nSPS) is 12.6. The van der Waals surface area contributed by atoms with Gasteiger partial charge >= 0.3 is 0 Å². The first-order valence-electron chi connectivity index (χ1n) is 3.65. The molecule has 0 spiro atoms. The fourth-order valence-corrected chi connectivity index (χ4v) is 1.73. The summed E-state index contributed by atoms with van der Waals surface area (Å²) < 4.78 is 1.00. The second kappa shape index (κ2) is 4.66. The summed E-state index contributed by atoms with van der Waals surface area (Å²) in [5.74, 6) is -0.0376. The number of Topliss-reactive ketones (excluding diaryl/α,β-unsaturated/α-hetero) is 1. The highest BCUT2D eigenvalue weighted by atomic mass is 127. The molecule has 1 rings (SSSR count). The van der Waals surface area contributed by atoms with Crippen LogP contribution in [-0.2, 0) is 4.79 Å². The third-order valence-corrected chi connectivity index (χ3v) is 3.89. The summed E-state index contributed by atoms with van der Waals surface area (Å²) in [5, 5.41) is -0.539. The fourth-order valence-electron chi connectivity index (χ4n) is 0.916. The molecule has 1 atom stereocenters. The van der Waals surface area contributed by atoms with Crippen molar-refractivity contribution in [2.45, 2.75) is 17.2 Å². The van der Waals surface area contributed by atoms with E-state index in [0.29, 0.717) is 0 Å². The van der Waals surface area contributed by atoms with E-state index in [-0.39, 0.29) is 5.78 Å². The van der Waals surface area contributed by atoms with Crippen LogP contribution >= 0.6 is 46.8 Å². The molecule has 1 unspecified atom stereocenters. The molecule has 13 heavy (non-hydrogen) atoms. The monoisotopic (exact) mass is 326 g/mol. The van der Waals surface area contributed by atoms with Crippen LogP contribution in [0.4, 0.5) is 0 Å². The van der Waals surface area contributed by atoms with Gasteiger partial charge in [0.05, 0.1) is 0 Å². The summed E-state index contributed by atoms with van der Waals surface area (Å²) in [6, 6.07) is 5.55. The molecule has 0 N–H and O–H groups in total. The molecule has 0 aliphatic heterocycles. The maximum absolute atomic E-state index is 11.0. The molecule has 1 nitrogen and oxygen atoms in total. The van der Waals surface area contributed by atoms with E-state index in [1.54, 1.807) is 0 Å². The lowest BCUT2D eigenvalue weighted by atomic mass is 10.1. The quantitative estimate of drug-likeness (QED) is 0.500. The maximum Gasteiger partial charge on any atom is 0.152 e. The van der Waals surface area contributed by atoms with Crippen LogP contribution in [0.3, 0.4) is 0 Å². The topological polar surface area (TPSA) is 17.1 Å². The summed E-state index contributed by atoms with van der Waals surface area (Å²) in [4.78, 5) is 11.9. The number of halogens is 2. The average Bonchev–Trinajstić information content (AvgIpc) is 2.08. The molecule has 0 radical (unpaired) electrons. The van der Waals surface area contributed by atoms with Gasteiger partial charge in [-0.25, -0.2) is 0 Å². The lowest BCUT2D eigenvalue weighted by Crippen LogP contribution is -2.01. The number of alkyl halides is 1. The highest BCUT2D eigenvalue weighted by molar-refractivity contribution is 14.1. The van der Waals surface area contributed by atoms with Crippen molar-refractivity contribution in [3.8, 4) is 0 Å². The van der Waals surface area contributed by atoms with Crippen molar-refractivity contribution in [2.75, 3.05) is 0 Å². The molecule has 70 valence electrons. The smallest absolute Gasteiger partial charge is 0.152 e. The Hall–Kier alpha value is 0.260. The van der Waals surface area contributed by atoms with Crippen LogP contribution in [0.2, 0.25) is 0 Å². The first-order valence-corrected chi connectivity index (χ1v) is 5.61. The number of carbonyl (C=O) groups excluding carboxylic acids is 1. The molecule has 1 aromatic rings. The molecule has 0 aliphatic carbocycles. The number of carbonyl (C=O) groups is 1. The van der Waals surface area contributed by atoms with Gasteiger partial charge in [0, 0.05) is 8.47 Å². The second-order valence-electron chi connectivity index (χ2n) is 2.68. The third kappa shape index (κ3) is 2.86. The SMILES string of the molecule is CC(=O)C(Cl)c1ccc(S)c(I)c1. The summed E-state index contributed by atoms with van der Waals surface area (Å²) >= 11 is 12.3. The van der Waals surface area contributed by atoms with E-state index in [4.69, 9.17) is 11.6 Å². The lowest BCUT2D eigenvalue weighted by molar-refractivity contribution is -0.116. The van der Waals surface area contributed by atoms with Gasteiger partial charge < -0.3 is 0 Å². The van der Waals surface area contributed by atoms with Crippen molar-refractivity contribution in [1.29, 1.82) is 0 Å².